The van der Waals surface area contributed by atoms with Crippen LogP contribution in [0.2, 0.25) is 0 Å². The van der Waals surface area contributed by atoms with Crippen molar-refractivity contribution in [3.8, 4) is 0 Å². The average molecular weight is 251 g/mol. The Morgan fingerprint density at radius 2 is 2.41 bits per heavy atom. The summed E-state index contributed by atoms with van der Waals surface area (Å²) in [5, 5.41) is 7.26. The third kappa shape index (κ3) is 1.92. The highest BCUT2D eigenvalue weighted by molar-refractivity contribution is 7.09. The molecule has 1 aromatic heterocycles. The summed E-state index contributed by atoms with van der Waals surface area (Å²) >= 11 is 1.82. The van der Waals surface area contributed by atoms with Gasteiger partial charge in [0.1, 0.15) is 5.01 Å². The van der Waals surface area contributed by atoms with E-state index >= 15 is 0 Å². The van der Waals surface area contributed by atoms with Gasteiger partial charge in [0.2, 0.25) is 0 Å². The Morgan fingerprint density at radius 1 is 1.53 bits per heavy atom. The Morgan fingerprint density at radius 3 is 3.12 bits per heavy atom. The average Bonchev–Trinajstić information content (AvgIpc) is 2.94. The number of thiazole rings is 1. The lowest BCUT2D eigenvalue weighted by atomic mass is 9.78. The molecule has 2 aliphatic rings. The summed E-state index contributed by atoms with van der Waals surface area (Å²) in [7, 11) is 0. The van der Waals surface area contributed by atoms with Crippen LogP contribution in [0.4, 0.5) is 0 Å². The van der Waals surface area contributed by atoms with Crippen molar-refractivity contribution in [3.05, 3.63) is 16.6 Å². The van der Waals surface area contributed by atoms with Gasteiger partial charge in [0, 0.05) is 30.7 Å². The molecule has 2 saturated heterocycles. The third-order valence-corrected chi connectivity index (χ3v) is 5.10. The topological polar surface area (TPSA) is 28.2 Å². The molecule has 0 amide bonds. The Kier molecular flexibility index (Phi) is 2.97. The first kappa shape index (κ1) is 11.6. The van der Waals surface area contributed by atoms with Gasteiger partial charge in [-0.05, 0) is 39.2 Å². The van der Waals surface area contributed by atoms with Crippen LogP contribution in [0.1, 0.15) is 31.7 Å². The van der Waals surface area contributed by atoms with Gasteiger partial charge in [-0.15, -0.1) is 11.3 Å². The summed E-state index contributed by atoms with van der Waals surface area (Å²) in [5.41, 5.74) is 0.148. The predicted octanol–water partition coefficient (Wildman–Crippen LogP) is 2.06. The Bertz CT molecular complexity index is 376. The van der Waals surface area contributed by atoms with Gasteiger partial charge in [0.25, 0.3) is 0 Å². The van der Waals surface area contributed by atoms with Crippen molar-refractivity contribution in [1.29, 1.82) is 0 Å². The van der Waals surface area contributed by atoms with E-state index in [1.165, 1.54) is 37.5 Å². The maximum atomic E-state index is 4.62. The summed E-state index contributed by atoms with van der Waals surface area (Å²) in [5.74, 6) is 0.741. The Labute approximate surface area is 107 Å². The molecule has 4 heteroatoms. The number of piperidine rings is 1. The number of aromatic nitrogens is 1. The minimum absolute atomic E-state index is 0.148. The molecule has 1 aromatic rings. The van der Waals surface area contributed by atoms with E-state index in [1.807, 2.05) is 17.5 Å². The fourth-order valence-corrected chi connectivity index (χ4v) is 4.38. The van der Waals surface area contributed by atoms with Crippen molar-refractivity contribution < 1.29 is 0 Å². The van der Waals surface area contributed by atoms with Gasteiger partial charge >= 0.3 is 0 Å². The first-order valence-corrected chi connectivity index (χ1v) is 7.49. The molecule has 2 fully saturated rings. The molecule has 2 aliphatic heterocycles. The second-order valence-electron chi connectivity index (χ2n) is 5.64. The van der Waals surface area contributed by atoms with E-state index in [1.54, 1.807) is 0 Å². The van der Waals surface area contributed by atoms with E-state index in [2.05, 4.69) is 34.4 Å². The van der Waals surface area contributed by atoms with Gasteiger partial charge in [-0.3, -0.25) is 0 Å². The number of rotatable bonds is 3. The molecule has 1 N–H and O–H groups in total. The van der Waals surface area contributed by atoms with E-state index in [0.717, 1.165) is 5.92 Å². The summed E-state index contributed by atoms with van der Waals surface area (Å²) < 4.78 is 0. The van der Waals surface area contributed by atoms with Crippen molar-refractivity contribution in [2.75, 3.05) is 19.6 Å². The summed E-state index contributed by atoms with van der Waals surface area (Å²) in [6.45, 7) is 8.24. The van der Waals surface area contributed by atoms with Gasteiger partial charge in [-0.25, -0.2) is 4.98 Å². The fourth-order valence-electron chi connectivity index (χ4n) is 3.47. The van der Waals surface area contributed by atoms with Crippen LogP contribution in [0.15, 0.2) is 11.6 Å². The van der Waals surface area contributed by atoms with Crippen molar-refractivity contribution in [2.24, 2.45) is 5.92 Å². The van der Waals surface area contributed by atoms with Crippen molar-refractivity contribution in [3.63, 3.8) is 0 Å². The van der Waals surface area contributed by atoms with Gasteiger partial charge < -0.3 is 10.2 Å². The maximum absolute atomic E-state index is 4.62. The summed E-state index contributed by atoms with van der Waals surface area (Å²) in [6, 6.07) is 0.519. The highest BCUT2D eigenvalue weighted by Crippen LogP contribution is 2.43. The van der Waals surface area contributed by atoms with Crippen LogP contribution in [0.25, 0.3) is 0 Å². The zero-order chi connectivity index (χ0) is 11.9. The lowest BCUT2D eigenvalue weighted by Gasteiger charge is -2.43. The van der Waals surface area contributed by atoms with Gasteiger partial charge in [-0.2, -0.15) is 0 Å². The zero-order valence-electron chi connectivity index (χ0n) is 10.6. The van der Waals surface area contributed by atoms with Crippen LogP contribution >= 0.6 is 11.3 Å². The number of hydrogen-bond acceptors (Lipinski definition) is 4. The van der Waals surface area contributed by atoms with Gasteiger partial charge in [0.05, 0.1) is 5.54 Å². The molecule has 17 heavy (non-hydrogen) atoms. The first-order chi connectivity index (χ1) is 8.21. The monoisotopic (exact) mass is 251 g/mol. The number of fused-ring (bicyclic) bond motifs is 2. The molecule has 3 rings (SSSR count). The summed E-state index contributed by atoms with van der Waals surface area (Å²) in [4.78, 5) is 7.22. The molecule has 3 unspecified atom stereocenters. The number of nitrogens with zero attached hydrogens (tertiary/aromatic N) is 2. The van der Waals surface area contributed by atoms with E-state index in [0.29, 0.717) is 6.04 Å². The van der Waals surface area contributed by atoms with Crippen LogP contribution in [-0.2, 0) is 5.54 Å². The standard InChI is InChI=1S/C13H21N3S/c1-10(2)15-13(12-14-5-8-17-12)4-7-16-6-3-11(13)9-16/h5,8,10-11,15H,3-4,6-7,9H2,1-2H3. The first-order valence-electron chi connectivity index (χ1n) is 6.61. The lowest BCUT2D eigenvalue weighted by Crippen LogP contribution is -2.55. The number of nitrogens with one attached hydrogen (secondary N) is 1. The van der Waals surface area contributed by atoms with E-state index in [4.69, 9.17) is 0 Å². The van der Waals surface area contributed by atoms with Gasteiger partial charge in [0.15, 0.2) is 0 Å². The lowest BCUT2D eigenvalue weighted by molar-refractivity contribution is 0.120. The molecule has 3 atom stereocenters. The quantitative estimate of drug-likeness (QED) is 0.891. The molecule has 3 nitrogen and oxygen atoms in total. The summed E-state index contributed by atoms with van der Waals surface area (Å²) in [6.07, 6.45) is 4.48. The Balaban J connectivity index is 1.96. The minimum atomic E-state index is 0.148. The van der Waals surface area contributed by atoms with Crippen LogP contribution < -0.4 is 5.32 Å². The Hall–Kier alpha value is -0.450. The second kappa shape index (κ2) is 4.34. The molecule has 0 radical (unpaired) electrons. The normalized spacial score (nSPS) is 36.6. The number of hydrogen-bond donors (Lipinski definition) is 1. The third-order valence-electron chi connectivity index (χ3n) is 4.15. The van der Waals surface area contributed by atoms with Crippen LogP contribution in [-0.4, -0.2) is 35.6 Å². The van der Waals surface area contributed by atoms with Gasteiger partial charge in [-0.1, -0.05) is 0 Å². The minimum Gasteiger partial charge on any atom is -0.303 e. The van der Waals surface area contributed by atoms with Crippen LogP contribution in [0, 0.1) is 5.92 Å². The second-order valence-corrected chi connectivity index (χ2v) is 6.54. The molecular weight excluding hydrogens is 230 g/mol. The van der Waals surface area contributed by atoms with Crippen molar-refractivity contribution in [1.82, 2.24) is 15.2 Å². The van der Waals surface area contributed by atoms with E-state index < -0.39 is 0 Å². The predicted molar refractivity (Wildman–Crippen MR) is 71.2 cm³/mol. The molecule has 0 aliphatic carbocycles. The van der Waals surface area contributed by atoms with Crippen LogP contribution in [0.5, 0.6) is 0 Å². The fraction of sp³-hybridized carbons (Fsp3) is 0.769. The molecular formula is C13H21N3S. The highest BCUT2D eigenvalue weighted by Gasteiger charge is 2.48. The zero-order valence-corrected chi connectivity index (χ0v) is 11.5. The van der Waals surface area contributed by atoms with Crippen molar-refractivity contribution in [2.45, 2.75) is 38.3 Å². The maximum Gasteiger partial charge on any atom is 0.113 e. The van der Waals surface area contributed by atoms with E-state index in [9.17, 15) is 0 Å². The SMILES string of the molecule is CC(C)NC1(c2nccs2)CCN2CCC1C2. The van der Waals surface area contributed by atoms with E-state index in [-0.39, 0.29) is 5.54 Å². The smallest absolute Gasteiger partial charge is 0.113 e. The van der Waals surface area contributed by atoms with Crippen molar-refractivity contribution >= 4 is 11.3 Å². The van der Waals surface area contributed by atoms with Crippen LogP contribution in [0.3, 0.4) is 0 Å². The molecule has 0 aromatic carbocycles. The largest absolute Gasteiger partial charge is 0.303 e. The molecule has 2 bridgehead atoms. The molecule has 3 heterocycles. The molecule has 94 valence electrons. The molecule has 0 spiro atoms. The molecule has 0 saturated carbocycles. The highest BCUT2D eigenvalue weighted by atomic mass is 32.1.